The van der Waals surface area contributed by atoms with E-state index < -0.39 is 0 Å². The molecule has 0 atom stereocenters. The lowest BCUT2D eigenvalue weighted by Gasteiger charge is -2.11. The molecule has 140 valence electrons. The van der Waals surface area contributed by atoms with Crippen molar-refractivity contribution in [3.8, 4) is 22.6 Å². The molecule has 0 fully saturated rings. The third-order valence-corrected chi connectivity index (χ3v) is 4.37. The van der Waals surface area contributed by atoms with Gasteiger partial charge in [0.05, 0.1) is 12.0 Å². The number of hydrogen-bond donors (Lipinski definition) is 1. The van der Waals surface area contributed by atoms with E-state index in [9.17, 15) is 4.39 Å². The minimum Gasteiger partial charge on any atom is -0.370 e. The van der Waals surface area contributed by atoms with Gasteiger partial charge in [0, 0.05) is 42.7 Å². The topological polar surface area (TPSA) is 55.6 Å². The molecule has 0 spiro atoms. The number of aromatic nitrogens is 4. The van der Waals surface area contributed by atoms with E-state index in [2.05, 4.69) is 20.3 Å². The van der Waals surface area contributed by atoms with Crippen LogP contribution < -0.4 is 5.32 Å². The molecule has 2 aromatic carbocycles. The summed E-state index contributed by atoms with van der Waals surface area (Å²) < 4.78 is 16.3. The van der Waals surface area contributed by atoms with Gasteiger partial charge in [-0.15, -0.1) is 0 Å². The van der Waals surface area contributed by atoms with Crippen molar-refractivity contribution in [1.82, 2.24) is 19.5 Å². The maximum absolute atomic E-state index is 14.3. The molecule has 0 amide bonds. The molecule has 6 heteroatoms. The summed E-state index contributed by atoms with van der Waals surface area (Å²) in [6.07, 6.45) is 6.42. The molecule has 0 aliphatic carbocycles. The van der Waals surface area contributed by atoms with Gasteiger partial charge < -0.3 is 9.88 Å². The van der Waals surface area contributed by atoms with Crippen LogP contribution in [0.5, 0.6) is 0 Å². The van der Waals surface area contributed by atoms with Gasteiger partial charge in [0.25, 0.3) is 0 Å². The van der Waals surface area contributed by atoms with E-state index in [1.54, 1.807) is 36.8 Å². The summed E-state index contributed by atoms with van der Waals surface area (Å²) in [4.78, 5) is 13.3. The molecule has 0 radical (unpaired) electrons. The van der Waals surface area contributed by atoms with Gasteiger partial charge in [-0.25, -0.2) is 19.3 Å². The van der Waals surface area contributed by atoms with Gasteiger partial charge in [-0.05, 0) is 18.6 Å². The van der Waals surface area contributed by atoms with Crippen molar-refractivity contribution in [2.45, 2.75) is 13.0 Å². The van der Waals surface area contributed by atoms with Crippen molar-refractivity contribution < 1.29 is 4.39 Å². The SMILES string of the molecule is Fc1ccccc1-c1cc(NCCCn2ccnc2)nc(-c2ccccc2)n1. The average molecular weight is 373 g/mol. The number of benzene rings is 2. The minimum atomic E-state index is -0.300. The number of nitrogens with zero attached hydrogens (tertiary/aromatic N) is 4. The highest BCUT2D eigenvalue weighted by atomic mass is 19.1. The molecule has 0 aliphatic heterocycles. The molecule has 2 heterocycles. The predicted molar refractivity (Wildman–Crippen MR) is 108 cm³/mol. The smallest absolute Gasteiger partial charge is 0.162 e. The summed E-state index contributed by atoms with van der Waals surface area (Å²) in [5.74, 6) is 0.947. The lowest BCUT2D eigenvalue weighted by molar-refractivity contribution is 0.630. The van der Waals surface area contributed by atoms with Crippen molar-refractivity contribution in [3.05, 3.63) is 85.2 Å². The van der Waals surface area contributed by atoms with Crippen LogP contribution in [0.15, 0.2) is 79.4 Å². The third kappa shape index (κ3) is 4.23. The first-order valence-corrected chi connectivity index (χ1v) is 9.18. The molecule has 5 nitrogen and oxygen atoms in total. The van der Waals surface area contributed by atoms with Crippen LogP contribution in [0.3, 0.4) is 0 Å². The zero-order valence-corrected chi connectivity index (χ0v) is 15.3. The second-order valence-corrected chi connectivity index (χ2v) is 6.39. The molecule has 1 N–H and O–H groups in total. The highest BCUT2D eigenvalue weighted by Gasteiger charge is 2.11. The zero-order valence-electron chi connectivity index (χ0n) is 15.3. The summed E-state index contributed by atoms with van der Waals surface area (Å²) in [7, 11) is 0. The van der Waals surface area contributed by atoms with Gasteiger partial charge in [-0.3, -0.25) is 0 Å². The number of hydrogen-bond acceptors (Lipinski definition) is 4. The molecule has 28 heavy (non-hydrogen) atoms. The first-order valence-electron chi connectivity index (χ1n) is 9.18. The number of anilines is 1. The lowest BCUT2D eigenvalue weighted by atomic mass is 10.1. The first kappa shape index (κ1) is 17.9. The number of aryl methyl sites for hydroxylation is 1. The van der Waals surface area contributed by atoms with Crippen molar-refractivity contribution in [2.24, 2.45) is 0 Å². The van der Waals surface area contributed by atoms with E-state index in [4.69, 9.17) is 0 Å². The Hall–Kier alpha value is -3.54. The molecule has 0 bridgehead atoms. The van der Waals surface area contributed by atoms with Crippen LogP contribution in [-0.4, -0.2) is 26.1 Å². The van der Waals surface area contributed by atoms with Crippen LogP contribution in [-0.2, 0) is 6.54 Å². The average Bonchev–Trinajstić information content (AvgIpc) is 3.26. The molecule has 2 aromatic heterocycles. The van der Waals surface area contributed by atoms with Gasteiger partial charge in [0.2, 0.25) is 0 Å². The van der Waals surface area contributed by atoms with Gasteiger partial charge in [0.1, 0.15) is 11.6 Å². The van der Waals surface area contributed by atoms with E-state index in [0.717, 1.165) is 25.1 Å². The molecule has 4 aromatic rings. The Morgan fingerprint density at radius 1 is 0.964 bits per heavy atom. The third-order valence-electron chi connectivity index (χ3n) is 4.37. The second kappa shape index (κ2) is 8.43. The highest BCUT2D eigenvalue weighted by molar-refractivity contribution is 5.67. The van der Waals surface area contributed by atoms with E-state index >= 15 is 0 Å². The van der Waals surface area contributed by atoms with Gasteiger partial charge in [-0.1, -0.05) is 42.5 Å². The summed E-state index contributed by atoms with van der Waals surface area (Å²) in [5.41, 5.74) is 1.91. The quantitative estimate of drug-likeness (QED) is 0.479. The number of halogens is 1. The predicted octanol–water partition coefficient (Wildman–Crippen LogP) is 4.65. The number of rotatable bonds is 7. The van der Waals surface area contributed by atoms with E-state index in [1.165, 1.54) is 6.07 Å². The molecule has 0 saturated heterocycles. The zero-order chi connectivity index (χ0) is 19.2. The fraction of sp³-hybridized carbons (Fsp3) is 0.136. The normalized spacial score (nSPS) is 10.8. The second-order valence-electron chi connectivity index (χ2n) is 6.39. The van der Waals surface area contributed by atoms with E-state index in [-0.39, 0.29) is 5.82 Å². The van der Waals surface area contributed by atoms with Crippen molar-refractivity contribution in [2.75, 3.05) is 11.9 Å². The maximum atomic E-state index is 14.3. The summed E-state index contributed by atoms with van der Waals surface area (Å²) in [6, 6.07) is 18.2. The fourth-order valence-corrected chi connectivity index (χ4v) is 2.96. The van der Waals surface area contributed by atoms with Crippen molar-refractivity contribution >= 4 is 5.82 Å². The van der Waals surface area contributed by atoms with Crippen LogP contribution in [0, 0.1) is 5.82 Å². The number of nitrogens with one attached hydrogen (secondary N) is 1. The van der Waals surface area contributed by atoms with Crippen LogP contribution in [0.4, 0.5) is 10.2 Å². The van der Waals surface area contributed by atoms with Crippen LogP contribution >= 0.6 is 0 Å². The molecule has 0 saturated carbocycles. The molecule has 0 unspecified atom stereocenters. The molecule has 4 rings (SSSR count). The Morgan fingerprint density at radius 3 is 2.57 bits per heavy atom. The molecule has 0 aliphatic rings. The first-order chi connectivity index (χ1) is 13.8. The van der Waals surface area contributed by atoms with E-state index in [1.807, 2.05) is 41.1 Å². The van der Waals surface area contributed by atoms with Crippen LogP contribution in [0.1, 0.15) is 6.42 Å². The summed E-state index contributed by atoms with van der Waals surface area (Å²) in [6.45, 7) is 1.60. The largest absolute Gasteiger partial charge is 0.370 e. The monoisotopic (exact) mass is 373 g/mol. The van der Waals surface area contributed by atoms with Gasteiger partial charge in [0.15, 0.2) is 5.82 Å². The minimum absolute atomic E-state index is 0.300. The Bertz CT molecular complexity index is 1030. The van der Waals surface area contributed by atoms with Gasteiger partial charge in [-0.2, -0.15) is 0 Å². The maximum Gasteiger partial charge on any atom is 0.162 e. The van der Waals surface area contributed by atoms with Crippen LogP contribution in [0.2, 0.25) is 0 Å². The Morgan fingerprint density at radius 2 is 1.79 bits per heavy atom. The summed E-state index contributed by atoms with van der Waals surface area (Å²) in [5, 5.41) is 3.34. The molecular weight excluding hydrogens is 353 g/mol. The Kier molecular flexibility index (Phi) is 5.38. The number of imidazole rings is 1. The van der Waals surface area contributed by atoms with Crippen LogP contribution in [0.25, 0.3) is 22.6 Å². The summed E-state index contributed by atoms with van der Waals surface area (Å²) >= 11 is 0. The fourth-order valence-electron chi connectivity index (χ4n) is 2.96. The van der Waals surface area contributed by atoms with Gasteiger partial charge >= 0.3 is 0 Å². The standard InChI is InChI=1S/C22H20FN5/c23-19-10-5-4-9-18(19)20-15-21(25-11-6-13-28-14-12-24-16-28)27-22(26-20)17-7-2-1-3-8-17/h1-5,7-10,12,14-16H,6,11,13H2,(H,25,26,27). The van der Waals surface area contributed by atoms with E-state index in [0.29, 0.717) is 22.9 Å². The Balaban J connectivity index is 1.59. The highest BCUT2D eigenvalue weighted by Crippen LogP contribution is 2.26. The lowest BCUT2D eigenvalue weighted by Crippen LogP contribution is -2.08. The Labute approximate surface area is 162 Å². The molecular formula is C22H20FN5. The van der Waals surface area contributed by atoms with Crippen molar-refractivity contribution in [1.29, 1.82) is 0 Å². The van der Waals surface area contributed by atoms with Crippen molar-refractivity contribution in [3.63, 3.8) is 0 Å².